The van der Waals surface area contributed by atoms with Crippen molar-refractivity contribution in [1.82, 2.24) is 19.8 Å². The van der Waals surface area contributed by atoms with Crippen LogP contribution in [0.15, 0.2) is 36.8 Å². The lowest BCUT2D eigenvalue weighted by molar-refractivity contribution is 0.0365. The second-order valence-electron chi connectivity index (χ2n) is 8.11. The Morgan fingerprint density at radius 2 is 2.16 bits per heavy atom. The maximum absolute atomic E-state index is 13.4. The molecule has 1 aliphatic heterocycles. The number of benzene rings is 1. The van der Waals surface area contributed by atoms with E-state index in [4.69, 9.17) is 4.74 Å². The number of nitrogens with zero attached hydrogens (tertiary/aromatic N) is 4. The Morgan fingerprint density at radius 1 is 1.39 bits per heavy atom. The van der Waals surface area contributed by atoms with Crippen molar-refractivity contribution in [3.63, 3.8) is 0 Å². The molecular formula is C22H29N5O4. The maximum Gasteiger partial charge on any atom is 0.275 e. The number of anilines is 1. The number of fused-ring (bicyclic) bond motifs is 1. The van der Waals surface area contributed by atoms with Crippen LogP contribution in [0.1, 0.15) is 34.7 Å². The molecule has 0 radical (unpaired) electrons. The highest BCUT2D eigenvalue weighted by Crippen LogP contribution is 2.35. The molecule has 2 amide bonds. The number of rotatable bonds is 6. The smallest absolute Gasteiger partial charge is 0.275 e. The summed E-state index contributed by atoms with van der Waals surface area (Å²) in [5, 5.41) is 12.5. The van der Waals surface area contributed by atoms with E-state index in [1.54, 1.807) is 23.1 Å². The second kappa shape index (κ2) is 9.84. The molecule has 0 spiro atoms. The molecule has 3 atom stereocenters. The molecule has 1 aromatic carbocycles. The Bertz CT molecular complexity index is 921. The fourth-order valence-electron chi connectivity index (χ4n) is 3.52. The number of aliphatic hydroxyl groups is 1. The van der Waals surface area contributed by atoms with Crippen LogP contribution in [0.25, 0.3) is 0 Å². The van der Waals surface area contributed by atoms with E-state index in [0.717, 1.165) is 0 Å². The van der Waals surface area contributed by atoms with Crippen molar-refractivity contribution in [2.24, 2.45) is 5.92 Å². The highest BCUT2D eigenvalue weighted by atomic mass is 16.5. The van der Waals surface area contributed by atoms with Crippen molar-refractivity contribution in [1.29, 1.82) is 0 Å². The van der Waals surface area contributed by atoms with Crippen LogP contribution in [0.2, 0.25) is 0 Å². The number of para-hydroxylation sites is 1. The van der Waals surface area contributed by atoms with Gasteiger partial charge in [-0.25, -0.2) is 4.98 Å². The first-order valence-corrected chi connectivity index (χ1v) is 10.2. The van der Waals surface area contributed by atoms with Crippen molar-refractivity contribution < 1.29 is 19.4 Å². The highest BCUT2D eigenvalue weighted by molar-refractivity contribution is 6.06. The summed E-state index contributed by atoms with van der Waals surface area (Å²) in [6.45, 7) is 4.77. The molecule has 0 fully saturated rings. The standard InChI is InChI=1S/C22H29N5O4/c1-14-11-27(15(2)13-28)22(30)16-6-5-7-17(20(16)31-19(14)12-26(3)4)25-21(29)18-10-23-8-9-24-18/h5-10,14-15,19,28H,11-13H2,1-4H3,(H,25,29)/t14-,15-,19-/m1/s1. The minimum absolute atomic E-state index is 0.00255. The topological polar surface area (TPSA) is 108 Å². The van der Waals surface area contributed by atoms with Gasteiger partial charge in [0.1, 0.15) is 11.8 Å². The fraction of sp³-hybridized carbons (Fsp3) is 0.455. The molecule has 166 valence electrons. The van der Waals surface area contributed by atoms with Crippen LogP contribution in [-0.2, 0) is 0 Å². The van der Waals surface area contributed by atoms with E-state index in [2.05, 4.69) is 15.3 Å². The number of aliphatic hydroxyl groups excluding tert-OH is 1. The van der Waals surface area contributed by atoms with E-state index in [0.29, 0.717) is 30.1 Å². The fourth-order valence-corrected chi connectivity index (χ4v) is 3.52. The van der Waals surface area contributed by atoms with E-state index in [1.807, 2.05) is 32.8 Å². The third-order valence-electron chi connectivity index (χ3n) is 5.28. The van der Waals surface area contributed by atoms with Gasteiger partial charge in [0.2, 0.25) is 0 Å². The largest absolute Gasteiger partial charge is 0.486 e. The number of carbonyl (C=O) groups is 2. The van der Waals surface area contributed by atoms with Gasteiger partial charge in [-0.3, -0.25) is 14.6 Å². The van der Waals surface area contributed by atoms with E-state index in [1.165, 1.54) is 18.6 Å². The van der Waals surface area contributed by atoms with Crippen LogP contribution in [-0.4, -0.2) is 82.6 Å². The molecule has 9 heteroatoms. The van der Waals surface area contributed by atoms with Crippen LogP contribution in [0.4, 0.5) is 5.69 Å². The number of ether oxygens (including phenoxy) is 1. The minimum Gasteiger partial charge on any atom is -0.486 e. The van der Waals surface area contributed by atoms with Crippen molar-refractivity contribution in [3.05, 3.63) is 48.0 Å². The zero-order valence-corrected chi connectivity index (χ0v) is 18.3. The van der Waals surface area contributed by atoms with Gasteiger partial charge in [-0.05, 0) is 33.2 Å². The Kier molecular flexibility index (Phi) is 7.19. The van der Waals surface area contributed by atoms with Crippen LogP contribution < -0.4 is 10.1 Å². The molecule has 9 nitrogen and oxygen atoms in total. The summed E-state index contributed by atoms with van der Waals surface area (Å²) in [5.74, 6) is -0.379. The number of aromatic nitrogens is 2. The minimum atomic E-state index is -0.447. The molecule has 2 N–H and O–H groups in total. The molecule has 0 saturated carbocycles. The van der Waals surface area contributed by atoms with Gasteiger partial charge in [0.05, 0.1) is 30.1 Å². The summed E-state index contributed by atoms with van der Waals surface area (Å²) >= 11 is 0. The molecule has 1 aromatic heterocycles. The first-order valence-electron chi connectivity index (χ1n) is 10.2. The lowest BCUT2D eigenvalue weighted by Crippen LogP contribution is -2.49. The van der Waals surface area contributed by atoms with Crippen LogP contribution in [0.5, 0.6) is 5.75 Å². The molecular weight excluding hydrogens is 398 g/mol. The summed E-state index contributed by atoms with van der Waals surface area (Å²) in [6, 6.07) is 4.72. The Balaban J connectivity index is 2.04. The van der Waals surface area contributed by atoms with Gasteiger partial charge < -0.3 is 25.0 Å². The lowest BCUT2D eigenvalue weighted by Gasteiger charge is -2.38. The molecule has 0 bridgehead atoms. The number of hydrogen-bond acceptors (Lipinski definition) is 7. The first kappa shape index (κ1) is 22.6. The Hall–Kier alpha value is -3.04. The summed E-state index contributed by atoms with van der Waals surface area (Å²) < 4.78 is 6.36. The van der Waals surface area contributed by atoms with Crippen molar-refractivity contribution in [2.45, 2.75) is 26.0 Å². The SMILES string of the molecule is C[C@@H]1CN([C@H](C)CO)C(=O)c2cccc(NC(=O)c3cnccn3)c2O[C@@H]1CN(C)C. The summed E-state index contributed by atoms with van der Waals surface area (Å²) in [4.78, 5) is 37.7. The molecule has 0 aliphatic carbocycles. The monoisotopic (exact) mass is 427 g/mol. The number of likely N-dealkylation sites (N-methyl/N-ethyl adjacent to an activating group) is 1. The zero-order valence-electron chi connectivity index (χ0n) is 18.3. The number of amides is 2. The maximum atomic E-state index is 13.4. The van der Waals surface area contributed by atoms with E-state index in [9.17, 15) is 14.7 Å². The van der Waals surface area contributed by atoms with Gasteiger partial charge >= 0.3 is 0 Å². The van der Waals surface area contributed by atoms with Gasteiger partial charge in [-0.15, -0.1) is 0 Å². The van der Waals surface area contributed by atoms with Gasteiger partial charge in [0, 0.05) is 31.4 Å². The molecule has 1 aliphatic rings. The third kappa shape index (κ3) is 5.18. The van der Waals surface area contributed by atoms with Gasteiger partial charge in [-0.2, -0.15) is 0 Å². The molecule has 3 rings (SSSR count). The predicted octanol–water partition coefficient (Wildman–Crippen LogP) is 1.51. The summed E-state index contributed by atoms with van der Waals surface area (Å²) in [6.07, 6.45) is 4.06. The van der Waals surface area contributed by atoms with E-state index < -0.39 is 5.91 Å². The van der Waals surface area contributed by atoms with Gasteiger partial charge in [-0.1, -0.05) is 13.0 Å². The molecule has 0 unspecified atom stereocenters. The van der Waals surface area contributed by atoms with Crippen LogP contribution in [0.3, 0.4) is 0 Å². The van der Waals surface area contributed by atoms with Gasteiger partial charge in [0.25, 0.3) is 11.8 Å². The lowest BCUT2D eigenvalue weighted by atomic mass is 9.99. The molecule has 0 saturated heterocycles. The Labute approximate surface area is 182 Å². The van der Waals surface area contributed by atoms with Crippen molar-refractivity contribution in [3.8, 4) is 5.75 Å². The predicted molar refractivity (Wildman–Crippen MR) is 116 cm³/mol. The van der Waals surface area contributed by atoms with Crippen LogP contribution >= 0.6 is 0 Å². The highest BCUT2D eigenvalue weighted by Gasteiger charge is 2.34. The van der Waals surface area contributed by atoms with Crippen LogP contribution in [0, 0.1) is 5.92 Å². The summed E-state index contributed by atoms with van der Waals surface area (Å²) in [7, 11) is 3.91. The average molecular weight is 428 g/mol. The number of carbonyl (C=O) groups excluding carboxylic acids is 2. The second-order valence-corrected chi connectivity index (χ2v) is 8.11. The van der Waals surface area contributed by atoms with E-state index in [-0.39, 0.29) is 36.3 Å². The average Bonchev–Trinajstić information content (AvgIpc) is 2.76. The van der Waals surface area contributed by atoms with Gasteiger partial charge in [0.15, 0.2) is 5.75 Å². The zero-order chi connectivity index (χ0) is 22.5. The number of hydrogen-bond donors (Lipinski definition) is 2. The normalized spacial score (nSPS) is 19.8. The van der Waals surface area contributed by atoms with E-state index >= 15 is 0 Å². The third-order valence-corrected chi connectivity index (χ3v) is 5.28. The molecule has 31 heavy (non-hydrogen) atoms. The molecule has 2 aromatic rings. The summed E-state index contributed by atoms with van der Waals surface area (Å²) in [5.41, 5.74) is 0.884. The number of nitrogens with one attached hydrogen (secondary N) is 1. The quantitative estimate of drug-likeness (QED) is 0.719. The van der Waals surface area contributed by atoms with Crippen molar-refractivity contribution >= 4 is 17.5 Å². The molecule has 2 heterocycles. The first-order chi connectivity index (χ1) is 14.8. The van der Waals surface area contributed by atoms with Crippen molar-refractivity contribution in [2.75, 3.05) is 39.1 Å². The Morgan fingerprint density at radius 3 is 2.81 bits per heavy atom.